The van der Waals surface area contributed by atoms with Crippen molar-refractivity contribution < 1.29 is 4.79 Å². The molecule has 1 heterocycles. The summed E-state index contributed by atoms with van der Waals surface area (Å²) in [6.45, 7) is 2.55. The summed E-state index contributed by atoms with van der Waals surface area (Å²) in [6, 6.07) is 15.2. The molecule has 4 rings (SSSR count). The highest BCUT2D eigenvalue weighted by Crippen LogP contribution is 2.28. The normalized spacial score (nSPS) is 16.4. The molecule has 134 valence electrons. The largest absolute Gasteiger partial charge is 0.361 e. The lowest BCUT2D eigenvalue weighted by molar-refractivity contribution is -0.114. The van der Waals surface area contributed by atoms with Crippen molar-refractivity contribution in [3.8, 4) is 0 Å². The summed E-state index contributed by atoms with van der Waals surface area (Å²) >= 11 is 0. The Morgan fingerprint density at radius 2 is 2.08 bits per heavy atom. The monoisotopic (exact) mass is 347 g/mol. The van der Waals surface area contributed by atoms with E-state index in [0.29, 0.717) is 6.04 Å². The second kappa shape index (κ2) is 7.34. The maximum atomic E-state index is 11.4. The van der Waals surface area contributed by atoms with Crippen LogP contribution in [-0.2, 0) is 24.1 Å². The molecule has 1 aliphatic carbocycles. The fourth-order valence-electron chi connectivity index (χ4n) is 4.04. The third-order valence-electron chi connectivity index (χ3n) is 5.30. The number of H-pyrrole nitrogens is 1. The van der Waals surface area contributed by atoms with Crippen molar-refractivity contribution in [2.75, 3.05) is 11.9 Å². The van der Waals surface area contributed by atoms with Crippen molar-refractivity contribution in [3.05, 3.63) is 65.4 Å². The van der Waals surface area contributed by atoms with Crippen molar-refractivity contribution in [2.45, 2.75) is 38.6 Å². The number of para-hydroxylation sites is 1. The van der Waals surface area contributed by atoms with Crippen LogP contribution in [0.2, 0.25) is 0 Å². The van der Waals surface area contributed by atoms with Crippen molar-refractivity contribution in [1.29, 1.82) is 0 Å². The predicted molar refractivity (Wildman–Crippen MR) is 107 cm³/mol. The smallest absolute Gasteiger partial charge is 0.221 e. The Hall–Kier alpha value is -2.59. The van der Waals surface area contributed by atoms with Crippen LogP contribution in [0, 0.1) is 0 Å². The lowest BCUT2D eigenvalue weighted by Gasteiger charge is -2.27. The molecule has 1 aliphatic rings. The number of fused-ring (bicyclic) bond motifs is 2. The molecule has 0 spiro atoms. The van der Waals surface area contributed by atoms with E-state index in [-0.39, 0.29) is 5.91 Å². The number of aromatic amines is 1. The molecule has 0 aliphatic heterocycles. The average molecular weight is 347 g/mol. The molecule has 4 nitrogen and oxygen atoms in total. The molecule has 0 radical (unpaired) electrons. The molecule has 0 fully saturated rings. The minimum Gasteiger partial charge on any atom is -0.361 e. The molecule has 0 saturated carbocycles. The first-order valence-electron chi connectivity index (χ1n) is 9.37. The van der Waals surface area contributed by atoms with Crippen molar-refractivity contribution in [3.63, 3.8) is 0 Å². The summed E-state index contributed by atoms with van der Waals surface area (Å²) < 4.78 is 0. The maximum absolute atomic E-state index is 11.4. The summed E-state index contributed by atoms with van der Waals surface area (Å²) in [5.41, 5.74) is 6.22. The van der Waals surface area contributed by atoms with Gasteiger partial charge in [-0.2, -0.15) is 0 Å². The Bertz CT molecular complexity index is 928. The SMILES string of the molecule is CC(=O)Nc1cccc2c1CCC(NCCc1c[nH]c3ccccc13)C2. The summed E-state index contributed by atoms with van der Waals surface area (Å²) in [5.74, 6) is -0.00243. The van der Waals surface area contributed by atoms with Crippen molar-refractivity contribution >= 4 is 22.5 Å². The fraction of sp³-hybridized carbons (Fsp3) is 0.318. The quantitative estimate of drug-likeness (QED) is 0.657. The van der Waals surface area contributed by atoms with Gasteiger partial charge in [-0.1, -0.05) is 30.3 Å². The highest BCUT2D eigenvalue weighted by molar-refractivity contribution is 5.89. The van der Waals surface area contributed by atoms with Gasteiger partial charge in [-0.25, -0.2) is 0 Å². The van der Waals surface area contributed by atoms with E-state index in [0.717, 1.165) is 37.9 Å². The van der Waals surface area contributed by atoms with Crippen LogP contribution in [0.3, 0.4) is 0 Å². The number of hydrogen-bond donors (Lipinski definition) is 3. The Balaban J connectivity index is 1.37. The van der Waals surface area contributed by atoms with Gasteiger partial charge in [-0.05, 0) is 61.1 Å². The number of aromatic nitrogens is 1. The summed E-state index contributed by atoms with van der Waals surface area (Å²) in [4.78, 5) is 14.7. The van der Waals surface area contributed by atoms with E-state index in [1.165, 1.54) is 27.6 Å². The van der Waals surface area contributed by atoms with Gasteiger partial charge in [0.05, 0.1) is 0 Å². The number of benzene rings is 2. The number of rotatable bonds is 5. The maximum Gasteiger partial charge on any atom is 0.221 e. The molecule has 3 aromatic rings. The van der Waals surface area contributed by atoms with Crippen LogP contribution in [0.15, 0.2) is 48.7 Å². The van der Waals surface area contributed by atoms with E-state index in [4.69, 9.17) is 0 Å². The Morgan fingerprint density at radius 3 is 2.96 bits per heavy atom. The highest BCUT2D eigenvalue weighted by Gasteiger charge is 2.20. The Morgan fingerprint density at radius 1 is 1.19 bits per heavy atom. The first-order valence-corrected chi connectivity index (χ1v) is 9.37. The molecule has 26 heavy (non-hydrogen) atoms. The van der Waals surface area contributed by atoms with Gasteiger partial charge in [0.2, 0.25) is 5.91 Å². The van der Waals surface area contributed by atoms with Gasteiger partial charge in [-0.15, -0.1) is 0 Å². The number of carbonyl (C=O) groups is 1. The van der Waals surface area contributed by atoms with Gasteiger partial charge < -0.3 is 15.6 Å². The molecular weight excluding hydrogens is 322 g/mol. The number of nitrogens with one attached hydrogen (secondary N) is 3. The molecule has 0 bridgehead atoms. The van der Waals surface area contributed by atoms with Crippen LogP contribution in [0.1, 0.15) is 30.0 Å². The van der Waals surface area contributed by atoms with E-state index >= 15 is 0 Å². The molecule has 1 aromatic heterocycles. The topological polar surface area (TPSA) is 56.9 Å². The first-order chi connectivity index (χ1) is 12.7. The molecule has 3 N–H and O–H groups in total. The highest BCUT2D eigenvalue weighted by atomic mass is 16.1. The number of anilines is 1. The second-order valence-electron chi connectivity index (χ2n) is 7.13. The lowest BCUT2D eigenvalue weighted by Crippen LogP contribution is -2.36. The molecule has 0 saturated heterocycles. The van der Waals surface area contributed by atoms with Gasteiger partial charge in [0.1, 0.15) is 0 Å². The minimum atomic E-state index is -0.00243. The van der Waals surface area contributed by atoms with Gasteiger partial charge in [0.15, 0.2) is 0 Å². The molecule has 1 unspecified atom stereocenters. The average Bonchev–Trinajstić information content (AvgIpc) is 3.05. The zero-order valence-corrected chi connectivity index (χ0v) is 15.1. The molecular formula is C22H25N3O. The van der Waals surface area contributed by atoms with Gasteiger partial charge >= 0.3 is 0 Å². The third-order valence-corrected chi connectivity index (χ3v) is 5.30. The fourth-order valence-corrected chi connectivity index (χ4v) is 4.04. The molecule has 4 heteroatoms. The van der Waals surface area contributed by atoms with E-state index in [1.807, 2.05) is 12.1 Å². The van der Waals surface area contributed by atoms with E-state index in [2.05, 4.69) is 52.1 Å². The lowest BCUT2D eigenvalue weighted by atomic mass is 9.87. The first kappa shape index (κ1) is 16.9. The predicted octanol–water partition coefficient (Wildman–Crippen LogP) is 3.82. The Kier molecular flexibility index (Phi) is 4.76. The van der Waals surface area contributed by atoms with Crippen LogP contribution >= 0.6 is 0 Å². The van der Waals surface area contributed by atoms with Crippen LogP contribution in [0.4, 0.5) is 5.69 Å². The Labute approximate surface area is 154 Å². The van der Waals surface area contributed by atoms with Gasteiger partial charge in [0.25, 0.3) is 0 Å². The second-order valence-corrected chi connectivity index (χ2v) is 7.13. The number of amides is 1. The summed E-state index contributed by atoms with van der Waals surface area (Å²) in [6.07, 6.45) is 6.30. The van der Waals surface area contributed by atoms with E-state index in [9.17, 15) is 4.79 Å². The van der Waals surface area contributed by atoms with Crippen LogP contribution in [-0.4, -0.2) is 23.5 Å². The third kappa shape index (κ3) is 3.51. The molecule has 1 amide bonds. The van der Waals surface area contributed by atoms with Crippen LogP contribution in [0.5, 0.6) is 0 Å². The molecule has 1 atom stereocenters. The van der Waals surface area contributed by atoms with E-state index < -0.39 is 0 Å². The van der Waals surface area contributed by atoms with Crippen molar-refractivity contribution in [2.24, 2.45) is 0 Å². The van der Waals surface area contributed by atoms with Crippen molar-refractivity contribution in [1.82, 2.24) is 10.3 Å². The summed E-state index contributed by atoms with van der Waals surface area (Å²) in [5, 5.41) is 8.01. The van der Waals surface area contributed by atoms with Gasteiger partial charge in [-0.3, -0.25) is 4.79 Å². The van der Waals surface area contributed by atoms with E-state index in [1.54, 1.807) is 6.92 Å². The van der Waals surface area contributed by atoms with Crippen LogP contribution < -0.4 is 10.6 Å². The zero-order chi connectivity index (χ0) is 17.9. The molecule has 2 aromatic carbocycles. The zero-order valence-electron chi connectivity index (χ0n) is 15.1. The summed E-state index contributed by atoms with van der Waals surface area (Å²) in [7, 11) is 0. The number of carbonyl (C=O) groups excluding carboxylic acids is 1. The minimum absolute atomic E-state index is 0.00243. The number of hydrogen-bond acceptors (Lipinski definition) is 2. The standard InChI is InChI=1S/C22H25N3O/c1-15(26)25-22-8-4-5-16-13-18(9-10-20(16)22)23-12-11-17-14-24-21-7-3-2-6-19(17)21/h2-8,14,18,23-24H,9-13H2,1H3,(H,25,26). The van der Waals surface area contributed by atoms with Gasteiger partial charge in [0, 0.05) is 35.8 Å². The van der Waals surface area contributed by atoms with Crippen LogP contribution in [0.25, 0.3) is 10.9 Å².